The molecule has 1 saturated heterocycles. The highest BCUT2D eigenvalue weighted by molar-refractivity contribution is 5.98. The van der Waals surface area contributed by atoms with Gasteiger partial charge in [-0.25, -0.2) is 9.78 Å². The number of H-pyrrole nitrogens is 1. The summed E-state index contributed by atoms with van der Waals surface area (Å²) < 4.78 is 0. The number of benzene rings is 2. The van der Waals surface area contributed by atoms with Crippen molar-refractivity contribution in [2.24, 2.45) is 34.0 Å². The van der Waals surface area contributed by atoms with Crippen molar-refractivity contribution in [3.63, 3.8) is 0 Å². The number of carboxylic acids is 3. The number of phenolic OH excluding ortho intramolecular Hbond substituents is 1. The number of guanidine groups is 1. The largest absolute Gasteiger partial charge is 0.508 e. The molecule has 2 heterocycles. The van der Waals surface area contributed by atoms with Gasteiger partial charge >= 0.3 is 11.9 Å². The standard InChI is InChI=1S/C49H69N13O12.C2H4O2.H2O/c1-26(2)39(60-42(67)33(12-8-18-54-49(51)52)56-41(66)32(50)23-38(64)65)45(70)57-34(20-29-14-16-31(63)17-15-29)43(68)61-40(27(3)4)46(71)58-35(22-30-24-53-25-55-30)47(72)62-19-9-13-37(62)44(69)59-36(48(73)74)21-28-10-6-5-7-11-28;1-2(3)4;/h5-7,10-11,14-17,24-27,32-37,39-40,63H,8-9,12-13,18-23,50H2,1-4H3,(H,53,55)(H,56,66)(H,57,70)(H,58,71)(H,59,69)(H,60,67)(H,61,68)(H,64,65)(H,73,74)(H4,51,52,54);1H3,(H,3,4);1H2/t32-,33-,34-,35-,36-,37-,39-,40-;;/m0../s1. The van der Waals surface area contributed by atoms with Gasteiger partial charge in [0.15, 0.2) is 5.96 Å². The number of nitrogens with one attached hydrogen (secondary N) is 7. The minimum Gasteiger partial charge on any atom is -0.508 e. The number of imidazole rings is 1. The summed E-state index contributed by atoms with van der Waals surface area (Å²) in [6.45, 7) is 7.79. The van der Waals surface area contributed by atoms with Crippen molar-refractivity contribution in [2.45, 2.75) is 134 Å². The van der Waals surface area contributed by atoms with Gasteiger partial charge in [-0.1, -0.05) is 70.2 Å². The smallest absolute Gasteiger partial charge is 0.326 e. The number of hydrogen-bond donors (Lipinski definition) is 14. The summed E-state index contributed by atoms with van der Waals surface area (Å²) in [5.74, 6) is -10.6. The molecule has 28 heteroatoms. The van der Waals surface area contributed by atoms with Gasteiger partial charge in [-0.05, 0) is 60.8 Å². The molecule has 2 aromatic carbocycles. The third-order valence-corrected chi connectivity index (χ3v) is 12.1. The van der Waals surface area contributed by atoms with Crippen LogP contribution in [0.4, 0.5) is 0 Å². The van der Waals surface area contributed by atoms with Crippen LogP contribution < -0.4 is 49.1 Å². The Bertz CT molecular complexity index is 2540. The van der Waals surface area contributed by atoms with Gasteiger partial charge in [0.2, 0.25) is 41.4 Å². The molecule has 4 rings (SSSR count). The molecule has 0 aliphatic carbocycles. The van der Waals surface area contributed by atoms with Crippen LogP contribution in [0.1, 0.15) is 83.5 Å². The molecule has 0 radical (unpaired) electrons. The molecule has 0 unspecified atom stereocenters. The van der Waals surface area contributed by atoms with Crippen molar-refractivity contribution >= 4 is 65.2 Å². The maximum Gasteiger partial charge on any atom is 0.326 e. The zero-order valence-corrected chi connectivity index (χ0v) is 44.6. The molecule has 1 fully saturated rings. The van der Waals surface area contributed by atoms with E-state index in [-0.39, 0.29) is 68.8 Å². The van der Waals surface area contributed by atoms with E-state index in [2.05, 4.69) is 46.9 Å². The van der Waals surface area contributed by atoms with Gasteiger partial charge in [0.1, 0.15) is 48.0 Å². The summed E-state index contributed by atoms with van der Waals surface area (Å²) >= 11 is 0. The maximum absolute atomic E-state index is 14.5. The second kappa shape index (κ2) is 32.8. The van der Waals surface area contributed by atoms with Crippen LogP contribution in [0.5, 0.6) is 5.75 Å². The summed E-state index contributed by atoms with van der Waals surface area (Å²) in [7, 11) is 0. The molecule has 1 aliphatic rings. The summed E-state index contributed by atoms with van der Waals surface area (Å²) in [6.07, 6.45) is 2.55. The predicted octanol–water partition coefficient (Wildman–Crippen LogP) is -2.44. The van der Waals surface area contributed by atoms with Crippen molar-refractivity contribution in [3.05, 3.63) is 83.9 Å². The number of likely N-dealkylation sites (tertiary alicyclic amines) is 1. The Morgan fingerprint density at radius 3 is 1.76 bits per heavy atom. The molecular weight excluding hydrogens is 1030 g/mol. The van der Waals surface area contributed by atoms with Crippen molar-refractivity contribution in [3.8, 4) is 5.75 Å². The molecule has 0 bridgehead atoms. The fourth-order valence-corrected chi connectivity index (χ4v) is 8.15. The van der Waals surface area contributed by atoms with Crippen molar-refractivity contribution < 1.29 is 73.8 Å². The lowest BCUT2D eigenvalue weighted by Crippen LogP contribution is -2.62. The first-order chi connectivity index (χ1) is 36.8. The van der Waals surface area contributed by atoms with E-state index in [0.717, 1.165) is 6.92 Å². The van der Waals surface area contributed by atoms with E-state index in [1.165, 1.54) is 41.7 Å². The number of phenols is 1. The number of rotatable bonds is 28. The normalized spacial score (nSPS) is 15.3. The number of aromatic nitrogens is 2. The average molecular weight is 1110 g/mol. The Morgan fingerprint density at radius 1 is 0.709 bits per heavy atom. The first-order valence-electron chi connectivity index (χ1n) is 25.1. The molecule has 1 aliphatic heterocycles. The van der Waals surface area contributed by atoms with Crippen LogP contribution in [0.15, 0.2) is 72.1 Å². The van der Waals surface area contributed by atoms with E-state index in [1.54, 1.807) is 58.0 Å². The highest BCUT2D eigenvalue weighted by Gasteiger charge is 2.41. The lowest BCUT2D eigenvalue weighted by Gasteiger charge is -2.31. The van der Waals surface area contributed by atoms with Gasteiger partial charge in [0.25, 0.3) is 5.97 Å². The number of carbonyl (C=O) groups is 10. The summed E-state index contributed by atoms with van der Waals surface area (Å²) in [4.78, 5) is 143. The topological polar surface area (TPSA) is 478 Å². The van der Waals surface area contributed by atoms with Gasteiger partial charge in [-0.3, -0.25) is 48.1 Å². The number of carbonyl (C=O) groups excluding carboxylic acids is 7. The first-order valence-corrected chi connectivity index (χ1v) is 25.1. The number of aromatic hydroxyl groups is 1. The monoisotopic (exact) mass is 1110 g/mol. The molecule has 3 aromatic rings. The minimum atomic E-state index is -1.51. The van der Waals surface area contributed by atoms with Gasteiger partial charge in [0, 0.05) is 51.2 Å². The van der Waals surface area contributed by atoms with Crippen molar-refractivity contribution in [1.29, 1.82) is 0 Å². The predicted molar refractivity (Wildman–Crippen MR) is 285 cm³/mol. The lowest BCUT2D eigenvalue weighted by atomic mass is 9.98. The Kier molecular flexibility index (Phi) is 27.6. The number of aromatic amines is 1. The van der Waals surface area contributed by atoms with Crippen molar-refractivity contribution in [2.75, 3.05) is 13.1 Å². The van der Waals surface area contributed by atoms with Gasteiger partial charge in [-0.2, -0.15) is 0 Å². The van der Waals surface area contributed by atoms with E-state index in [9.17, 15) is 53.4 Å². The number of aliphatic imine (C=N–C) groups is 1. The van der Waals surface area contributed by atoms with E-state index >= 15 is 0 Å². The molecule has 19 N–H and O–H groups in total. The molecule has 7 amide bonds. The second-order valence-electron chi connectivity index (χ2n) is 19.2. The van der Waals surface area contributed by atoms with E-state index in [1.807, 2.05) is 0 Å². The highest BCUT2D eigenvalue weighted by atomic mass is 16.4. The van der Waals surface area contributed by atoms with Crippen LogP contribution in [-0.4, -0.2) is 167 Å². The zero-order chi connectivity index (χ0) is 58.2. The van der Waals surface area contributed by atoms with Crippen LogP contribution in [0, 0.1) is 11.8 Å². The first kappa shape index (κ1) is 66.5. The molecule has 0 saturated carbocycles. The zero-order valence-electron chi connectivity index (χ0n) is 44.6. The summed E-state index contributed by atoms with van der Waals surface area (Å²) in [5.41, 5.74) is 18.2. The van der Waals surface area contributed by atoms with Crippen LogP contribution in [0.25, 0.3) is 0 Å². The minimum absolute atomic E-state index is 0. The number of amides is 7. The Morgan fingerprint density at radius 2 is 1.24 bits per heavy atom. The Balaban J connectivity index is 0.00000412. The number of nitrogens with two attached hydrogens (primary N) is 3. The van der Waals surface area contributed by atoms with Crippen LogP contribution in [0.3, 0.4) is 0 Å². The lowest BCUT2D eigenvalue weighted by molar-refractivity contribution is -0.145. The molecule has 79 heavy (non-hydrogen) atoms. The Hall–Kier alpha value is -8.66. The van der Waals surface area contributed by atoms with E-state index < -0.39 is 126 Å². The third kappa shape index (κ3) is 22.8. The molecule has 8 atom stereocenters. The Labute approximate surface area is 455 Å². The van der Waals surface area contributed by atoms with Crippen LogP contribution >= 0.6 is 0 Å². The third-order valence-electron chi connectivity index (χ3n) is 12.1. The molecule has 28 nitrogen and oxygen atoms in total. The van der Waals surface area contributed by atoms with E-state index in [4.69, 9.17) is 32.2 Å². The molecule has 434 valence electrons. The second-order valence-corrected chi connectivity index (χ2v) is 19.2. The van der Waals surface area contributed by atoms with Crippen molar-refractivity contribution in [1.82, 2.24) is 46.8 Å². The SMILES string of the molecule is CC(=O)O.CC(C)[C@H](NC(=O)[C@H](CCCN=C(N)N)NC(=O)[C@@H](N)CC(=O)O)C(=O)N[C@@H](Cc1ccc(O)cc1)C(=O)N[C@H](C(=O)N[C@@H](Cc1cnc[nH]1)C(=O)N1CCC[C@H]1C(=O)N[C@@H](Cc1ccccc1)C(=O)O)C(C)C.O. The summed E-state index contributed by atoms with van der Waals surface area (Å²) in [5, 5.41) is 52.3. The average Bonchev–Trinajstić information content (AvgIpc) is 4.09. The quantitative estimate of drug-likeness (QED) is 0.0204. The fraction of sp³-hybridized carbons (Fsp3) is 0.490. The van der Waals surface area contributed by atoms with Crippen LogP contribution in [0.2, 0.25) is 0 Å². The van der Waals surface area contributed by atoms with Gasteiger partial charge in [0.05, 0.1) is 18.8 Å². The molecular formula is C51H75N13O15. The molecule has 0 spiro atoms. The number of nitrogens with zero attached hydrogens (tertiary/aromatic N) is 3. The highest BCUT2D eigenvalue weighted by Crippen LogP contribution is 2.21. The van der Waals surface area contributed by atoms with E-state index in [0.29, 0.717) is 23.2 Å². The fourth-order valence-electron chi connectivity index (χ4n) is 8.15. The number of hydrogen-bond acceptors (Lipinski definition) is 14. The number of carboxylic acid groups (broad SMARTS) is 3. The van der Waals surface area contributed by atoms with Gasteiger partial charge < -0.3 is 84.9 Å². The molecule has 1 aromatic heterocycles. The number of aliphatic carboxylic acids is 3. The maximum atomic E-state index is 14.5. The van der Waals surface area contributed by atoms with Gasteiger partial charge in [-0.15, -0.1) is 0 Å². The summed E-state index contributed by atoms with van der Waals surface area (Å²) in [6, 6.07) is 3.91. The van der Waals surface area contributed by atoms with Crippen LogP contribution in [-0.2, 0) is 67.2 Å².